The van der Waals surface area contributed by atoms with Gasteiger partial charge in [-0.3, -0.25) is 0 Å². The number of rotatable bonds is 4. The maximum atomic E-state index is 3.70. The molecule has 2 rings (SSSR count). The smallest absolute Gasteiger partial charge is 0.0194 e. The van der Waals surface area contributed by atoms with Crippen molar-refractivity contribution in [3.05, 3.63) is 0 Å². The third-order valence-electron chi connectivity index (χ3n) is 4.52. The standard InChI is InChI=1S/C15H30N2/c1-3-5-15-12-17(9-4-8-16-15)11-14-7-6-13(2)10-14/h13-16H,3-12H2,1-2H3. The first kappa shape index (κ1) is 13.4. The van der Waals surface area contributed by atoms with Crippen molar-refractivity contribution in [2.24, 2.45) is 11.8 Å². The second-order valence-electron chi connectivity index (χ2n) is 6.34. The van der Waals surface area contributed by atoms with Crippen LogP contribution in [0.2, 0.25) is 0 Å². The van der Waals surface area contributed by atoms with Crippen LogP contribution in [0, 0.1) is 11.8 Å². The Morgan fingerprint density at radius 1 is 1.29 bits per heavy atom. The van der Waals surface area contributed by atoms with Crippen LogP contribution in [0.1, 0.15) is 52.4 Å². The Morgan fingerprint density at radius 3 is 2.88 bits per heavy atom. The zero-order chi connectivity index (χ0) is 12.1. The topological polar surface area (TPSA) is 15.3 Å². The summed E-state index contributed by atoms with van der Waals surface area (Å²) in [7, 11) is 0. The van der Waals surface area contributed by atoms with Crippen LogP contribution < -0.4 is 5.32 Å². The SMILES string of the molecule is CCCC1CN(CC2CCC(C)C2)CCCN1. The first-order valence-electron chi connectivity index (χ1n) is 7.73. The molecule has 2 nitrogen and oxygen atoms in total. The van der Waals surface area contributed by atoms with Gasteiger partial charge in [0.2, 0.25) is 0 Å². The molecule has 100 valence electrons. The van der Waals surface area contributed by atoms with Crippen molar-refractivity contribution >= 4 is 0 Å². The van der Waals surface area contributed by atoms with E-state index in [4.69, 9.17) is 0 Å². The highest BCUT2D eigenvalue weighted by Crippen LogP contribution is 2.31. The van der Waals surface area contributed by atoms with Gasteiger partial charge in [-0.1, -0.05) is 26.7 Å². The van der Waals surface area contributed by atoms with Crippen LogP contribution >= 0.6 is 0 Å². The van der Waals surface area contributed by atoms with Gasteiger partial charge in [0.1, 0.15) is 0 Å². The van der Waals surface area contributed by atoms with Gasteiger partial charge < -0.3 is 10.2 Å². The van der Waals surface area contributed by atoms with Crippen LogP contribution in [0.3, 0.4) is 0 Å². The molecule has 0 amide bonds. The molecule has 1 aliphatic heterocycles. The van der Waals surface area contributed by atoms with Gasteiger partial charge in [-0.15, -0.1) is 0 Å². The van der Waals surface area contributed by atoms with Crippen molar-refractivity contribution in [2.75, 3.05) is 26.2 Å². The minimum Gasteiger partial charge on any atom is -0.313 e. The fourth-order valence-corrected chi connectivity index (χ4v) is 3.64. The van der Waals surface area contributed by atoms with Crippen LogP contribution in [0.15, 0.2) is 0 Å². The number of hydrogen-bond acceptors (Lipinski definition) is 2. The number of hydrogen-bond donors (Lipinski definition) is 1. The monoisotopic (exact) mass is 238 g/mol. The Labute approximate surface area is 107 Å². The van der Waals surface area contributed by atoms with Gasteiger partial charge in [0.25, 0.3) is 0 Å². The molecule has 1 N–H and O–H groups in total. The van der Waals surface area contributed by atoms with E-state index in [0.717, 1.165) is 17.9 Å². The highest BCUT2D eigenvalue weighted by atomic mass is 15.2. The van der Waals surface area contributed by atoms with E-state index < -0.39 is 0 Å². The summed E-state index contributed by atoms with van der Waals surface area (Å²) in [6.07, 6.45) is 8.41. The van der Waals surface area contributed by atoms with Gasteiger partial charge in [-0.2, -0.15) is 0 Å². The van der Waals surface area contributed by atoms with E-state index in [9.17, 15) is 0 Å². The van der Waals surface area contributed by atoms with E-state index in [2.05, 4.69) is 24.1 Å². The molecule has 17 heavy (non-hydrogen) atoms. The van der Waals surface area contributed by atoms with Crippen molar-refractivity contribution < 1.29 is 0 Å². The highest BCUT2D eigenvalue weighted by Gasteiger charge is 2.25. The predicted molar refractivity (Wildman–Crippen MR) is 74.3 cm³/mol. The zero-order valence-electron chi connectivity index (χ0n) is 11.8. The lowest BCUT2D eigenvalue weighted by Gasteiger charge is -2.26. The van der Waals surface area contributed by atoms with E-state index in [1.807, 2.05) is 0 Å². The van der Waals surface area contributed by atoms with Crippen molar-refractivity contribution in [1.29, 1.82) is 0 Å². The molecule has 1 saturated carbocycles. The van der Waals surface area contributed by atoms with Crippen LogP contribution in [-0.2, 0) is 0 Å². The molecule has 1 saturated heterocycles. The van der Waals surface area contributed by atoms with E-state index in [1.54, 1.807) is 0 Å². The van der Waals surface area contributed by atoms with Crippen LogP contribution in [0.5, 0.6) is 0 Å². The Morgan fingerprint density at radius 2 is 2.18 bits per heavy atom. The molecule has 3 atom stereocenters. The summed E-state index contributed by atoms with van der Waals surface area (Å²) in [6, 6.07) is 0.751. The molecule has 0 spiro atoms. The van der Waals surface area contributed by atoms with Crippen molar-refractivity contribution in [2.45, 2.75) is 58.4 Å². The molecule has 0 aromatic heterocycles. The molecule has 1 heterocycles. The van der Waals surface area contributed by atoms with Crippen LogP contribution in [0.4, 0.5) is 0 Å². The van der Waals surface area contributed by atoms with Gasteiger partial charge in [0.15, 0.2) is 0 Å². The molecule has 3 unspecified atom stereocenters. The Kier molecular flexibility index (Phi) is 5.30. The van der Waals surface area contributed by atoms with E-state index in [1.165, 1.54) is 64.7 Å². The lowest BCUT2D eigenvalue weighted by Crippen LogP contribution is -2.39. The first-order chi connectivity index (χ1) is 8.28. The quantitative estimate of drug-likeness (QED) is 0.810. The fourth-order valence-electron chi connectivity index (χ4n) is 3.64. The lowest BCUT2D eigenvalue weighted by molar-refractivity contribution is 0.222. The molecule has 0 aromatic rings. The average Bonchev–Trinajstić information content (AvgIpc) is 2.58. The molecule has 2 heteroatoms. The second kappa shape index (κ2) is 6.75. The largest absolute Gasteiger partial charge is 0.313 e. The third-order valence-corrected chi connectivity index (χ3v) is 4.52. The minimum atomic E-state index is 0.751. The zero-order valence-corrected chi connectivity index (χ0v) is 11.8. The molecule has 0 bridgehead atoms. The average molecular weight is 238 g/mol. The summed E-state index contributed by atoms with van der Waals surface area (Å²) in [4.78, 5) is 2.74. The minimum absolute atomic E-state index is 0.751. The lowest BCUT2D eigenvalue weighted by atomic mass is 10.0. The molecular weight excluding hydrogens is 208 g/mol. The van der Waals surface area contributed by atoms with Crippen LogP contribution in [-0.4, -0.2) is 37.1 Å². The third kappa shape index (κ3) is 4.26. The van der Waals surface area contributed by atoms with E-state index in [0.29, 0.717) is 0 Å². The summed E-state index contributed by atoms with van der Waals surface area (Å²) in [5, 5.41) is 3.70. The maximum Gasteiger partial charge on any atom is 0.0194 e. The molecule has 1 aliphatic carbocycles. The summed E-state index contributed by atoms with van der Waals surface area (Å²) in [5.41, 5.74) is 0. The van der Waals surface area contributed by atoms with Crippen LogP contribution in [0.25, 0.3) is 0 Å². The fraction of sp³-hybridized carbons (Fsp3) is 1.00. The Bertz CT molecular complexity index is 217. The van der Waals surface area contributed by atoms with Crippen molar-refractivity contribution in [3.63, 3.8) is 0 Å². The summed E-state index contributed by atoms with van der Waals surface area (Å²) in [6.45, 7) is 9.92. The Balaban J connectivity index is 1.78. The molecule has 0 aromatic carbocycles. The van der Waals surface area contributed by atoms with E-state index >= 15 is 0 Å². The van der Waals surface area contributed by atoms with Gasteiger partial charge in [-0.05, 0) is 50.6 Å². The molecule has 2 aliphatic rings. The Hall–Kier alpha value is -0.0800. The van der Waals surface area contributed by atoms with Crippen molar-refractivity contribution in [3.8, 4) is 0 Å². The van der Waals surface area contributed by atoms with E-state index in [-0.39, 0.29) is 0 Å². The van der Waals surface area contributed by atoms with Gasteiger partial charge >= 0.3 is 0 Å². The predicted octanol–water partition coefficient (Wildman–Crippen LogP) is 2.89. The number of nitrogens with zero attached hydrogens (tertiary/aromatic N) is 1. The van der Waals surface area contributed by atoms with Crippen molar-refractivity contribution in [1.82, 2.24) is 10.2 Å². The van der Waals surface area contributed by atoms with Gasteiger partial charge in [0.05, 0.1) is 0 Å². The molecule has 2 fully saturated rings. The highest BCUT2D eigenvalue weighted by molar-refractivity contribution is 4.80. The van der Waals surface area contributed by atoms with Gasteiger partial charge in [-0.25, -0.2) is 0 Å². The normalized spacial score (nSPS) is 36.0. The van der Waals surface area contributed by atoms with Gasteiger partial charge in [0, 0.05) is 19.1 Å². The maximum absolute atomic E-state index is 3.70. The number of nitrogens with one attached hydrogen (secondary N) is 1. The summed E-state index contributed by atoms with van der Waals surface area (Å²) < 4.78 is 0. The molecular formula is C15H30N2. The molecule has 0 radical (unpaired) electrons. The summed E-state index contributed by atoms with van der Waals surface area (Å²) in [5.74, 6) is 1.97. The first-order valence-corrected chi connectivity index (χ1v) is 7.73. The summed E-state index contributed by atoms with van der Waals surface area (Å²) >= 11 is 0. The second-order valence-corrected chi connectivity index (χ2v) is 6.34.